The summed E-state index contributed by atoms with van der Waals surface area (Å²) in [5, 5.41) is 13.1. The van der Waals surface area contributed by atoms with Crippen molar-refractivity contribution in [3.05, 3.63) is 72.4 Å². The first-order chi connectivity index (χ1) is 15.6. The van der Waals surface area contributed by atoms with Gasteiger partial charge in [0.25, 0.3) is 0 Å². The van der Waals surface area contributed by atoms with Crippen LogP contribution in [0.25, 0.3) is 39.6 Å². The monoisotopic (exact) mass is 432 g/mol. The lowest BCUT2D eigenvalue weighted by molar-refractivity contribution is 0.282. The van der Waals surface area contributed by atoms with Gasteiger partial charge in [0.15, 0.2) is 17.3 Å². The quantitative estimate of drug-likeness (QED) is 0.433. The highest BCUT2D eigenvalue weighted by atomic mass is 19.1. The Morgan fingerprint density at radius 2 is 1.75 bits per heavy atom. The van der Waals surface area contributed by atoms with E-state index in [0.717, 1.165) is 17.4 Å². The fourth-order valence-corrected chi connectivity index (χ4v) is 3.22. The zero-order chi connectivity index (χ0) is 22.7. The van der Waals surface area contributed by atoms with E-state index in [1.54, 1.807) is 12.1 Å². The van der Waals surface area contributed by atoms with E-state index in [1.165, 1.54) is 12.3 Å². The zero-order valence-electron chi connectivity index (χ0n) is 17.5. The summed E-state index contributed by atoms with van der Waals surface area (Å²) in [5.74, 6) is 0.301. The number of pyridine rings is 2. The van der Waals surface area contributed by atoms with Gasteiger partial charge in [0.2, 0.25) is 0 Å². The fraction of sp³-hybridized carbons (Fsp3) is 0.130. The molecule has 0 atom stereocenters. The van der Waals surface area contributed by atoms with Crippen molar-refractivity contribution in [1.29, 1.82) is 0 Å². The van der Waals surface area contributed by atoms with Gasteiger partial charge in [-0.05, 0) is 42.0 Å². The maximum absolute atomic E-state index is 13.3. The number of nitrogens with zero attached hydrogens (tertiary/aromatic N) is 5. The van der Waals surface area contributed by atoms with Gasteiger partial charge in [0.1, 0.15) is 23.2 Å². The number of hydrogen-bond acceptors (Lipinski definition) is 7. The number of anilines is 1. The maximum atomic E-state index is 13.3. The molecule has 9 heteroatoms. The van der Waals surface area contributed by atoms with E-state index in [9.17, 15) is 9.50 Å². The highest BCUT2D eigenvalue weighted by Crippen LogP contribution is 2.31. The van der Waals surface area contributed by atoms with E-state index in [1.807, 2.05) is 48.7 Å². The highest BCUT2D eigenvalue weighted by Gasteiger charge is 2.20. The molecular weight excluding hydrogens is 411 g/mol. The first-order valence-corrected chi connectivity index (χ1v) is 10.1. The summed E-state index contributed by atoms with van der Waals surface area (Å²) in [7, 11) is 0. The largest absolute Gasteiger partial charge is 0.392 e. The van der Waals surface area contributed by atoms with E-state index in [4.69, 9.17) is 15.2 Å². The number of aliphatic hydroxyl groups is 1. The van der Waals surface area contributed by atoms with E-state index in [-0.39, 0.29) is 12.4 Å². The molecule has 3 N–H and O–H groups in total. The number of imidazole rings is 1. The molecule has 0 aliphatic rings. The molecule has 0 bridgehead atoms. The lowest BCUT2D eigenvalue weighted by Gasteiger charge is -2.09. The summed E-state index contributed by atoms with van der Waals surface area (Å²) < 4.78 is 20.1. The van der Waals surface area contributed by atoms with Crippen LogP contribution in [-0.2, 0) is 6.61 Å². The van der Waals surface area contributed by atoms with Gasteiger partial charge >= 0.3 is 0 Å². The lowest BCUT2D eigenvalue weighted by Crippen LogP contribution is -2.01. The molecule has 0 saturated carbocycles. The van der Waals surface area contributed by atoms with Gasteiger partial charge in [-0.15, -0.1) is 0 Å². The van der Waals surface area contributed by atoms with Crippen molar-refractivity contribution in [2.45, 2.75) is 20.5 Å². The van der Waals surface area contributed by atoms with Crippen LogP contribution in [0.5, 0.6) is 0 Å². The Morgan fingerprint density at radius 1 is 1.00 bits per heavy atom. The zero-order valence-corrected chi connectivity index (χ0v) is 17.5. The molecule has 0 saturated heterocycles. The normalized spacial score (nSPS) is 10.8. The van der Waals surface area contributed by atoms with Gasteiger partial charge in [-0.3, -0.25) is 9.55 Å². The van der Waals surface area contributed by atoms with Crippen LogP contribution in [0.1, 0.15) is 19.4 Å². The van der Waals surface area contributed by atoms with Crippen molar-refractivity contribution in [1.82, 2.24) is 24.7 Å². The Bertz CT molecular complexity index is 1340. The van der Waals surface area contributed by atoms with Gasteiger partial charge in [-0.1, -0.05) is 31.1 Å². The smallest absolute Gasteiger partial charge is 0.177 e. The summed E-state index contributed by atoms with van der Waals surface area (Å²) in [6.07, 6.45) is 2.58. The molecule has 0 aliphatic heterocycles. The van der Waals surface area contributed by atoms with Crippen LogP contribution in [-0.4, -0.2) is 29.8 Å². The summed E-state index contributed by atoms with van der Waals surface area (Å²) in [6, 6.07) is 13.8. The van der Waals surface area contributed by atoms with Crippen LogP contribution < -0.4 is 5.73 Å². The van der Waals surface area contributed by atoms with Crippen LogP contribution in [0, 0.1) is 5.82 Å². The first-order valence-electron chi connectivity index (χ1n) is 10.1. The van der Waals surface area contributed by atoms with Gasteiger partial charge in [0.05, 0.1) is 24.2 Å². The summed E-state index contributed by atoms with van der Waals surface area (Å²) in [6.45, 7) is 3.94. The molecule has 0 fully saturated rings. The molecule has 0 amide bonds. The number of nitrogen functional groups attached to an aromatic ring is 1. The van der Waals surface area contributed by atoms with Crippen LogP contribution in [0.3, 0.4) is 0 Å². The maximum Gasteiger partial charge on any atom is 0.177 e. The number of benzene rings is 1. The number of fused-ring (bicyclic) bond motifs is 1. The van der Waals surface area contributed by atoms with E-state index in [0.29, 0.717) is 33.9 Å². The molecule has 162 valence electrons. The second kappa shape index (κ2) is 8.94. The molecule has 0 spiro atoms. The Kier molecular flexibility index (Phi) is 5.91. The van der Waals surface area contributed by atoms with Crippen molar-refractivity contribution in [2.75, 3.05) is 5.73 Å². The fourth-order valence-electron chi connectivity index (χ4n) is 3.22. The standard InChI is InChI=1S/C21H15FN6O2.C2H6/c22-13-3-6-16(24-9-13)17-7-8-18-21(25-17)28(14-4-1-12(10-29)2-5-14)20(26-18)15-11-30-27-19(15)23;1-2/h1-9,11,29H,10H2,(H2,23,27);1-2H3. The van der Waals surface area contributed by atoms with Crippen molar-refractivity contribution in [3.63, 3.8) is 0 Å². The van der Waals surface area contributed by atoms with Gasteiger partial charge < -0.3 is 15.4 Å². The number of nitrogens with two attached hydrogens (primary N) is 1. The number of aromatic nitrogens is 5. The van der Waals surface area contributed by atoms with E-state index >= 15 is 0 Å². The second-order valence-corrected chi connectivity index (χ2v) is 6.61. The van der Waals surface area contributed by atoms with Crippen LogP contribution in [0.2, 0.25) is 0 Å². The lowest BCUT2D eigenvalue weighted by atomic mass is 10.2. The van der Waals surface area contributed by atoms with Crippen LogP contribution >= 0.6 is 0 Å². The molecule has 4 heterocycles. The molecule has 8 nitrogen and oxygen atoms in total. The summed E-state index contributed by atoms with van der Waals surface area (Å²) in [5.41, 5.74) is 10.3. The molecule has 4 aromatic heterocycles. The van der Waals surface area contributed by atoms with Gasteiger partial charge in [-0.2, -0.15) is 0 Å². The SMILES string of the molecule is CC.Nc1nocc1-c1nc2ccc(-c3ccc(F)cn3)nc2n1-c1ccc(CO)cc1. The molecule has 0 unspecified atom stereocenters. The summed E-state index contributed by atoms with van der Waals surface area (Å²) in [4.78, 5) is 13.5. The van der Waals surface area contributed by atoms with Crippen LogP contribution in [0.15, 0.2) is 65.5 Å². The number of rotatable bonds is 4. The van der Waals surface area contributed by atoms with Crippen molar-refractivity contribution < 1.29 is 14.0 Å². The molecule has 0 radical (unpaired) electrons. The predicted octanol–water partition coefficient (Wildman–Crippen LogP) is 4.38. The van der Waals surface area contributed by atoms with Gasteiger partial charge in [-0.25, -0.2) is 14.4 Å². The summed E-state index contributed by atoms with van der Waals surface area (Å²) >= 11 is 0. The molecular formula is C23H21FN6O2. The molecule has 0 aliphatic carbocycles. The average Bonchev–Trinajstić information content (AvgIpc) is 3.43. The molecule has 1 aromatic carbocycles. The van der Waals surface area contributed by atoms with Crippen LogP contribution in [0.4, 0.5) is 10.2 Å². The average molecular weight is 432 g/mol. The van der Waals surface area contributed by atoms with E-state index in [2.05, 4.69) is 15.1 Å². The Morgan fingerprint density at radius 3 is 2.38 bits per heavy atom. The molecule has 5 aromatic rings. The number of hydrogen-bond donors (Lipinski definition) is 2. The third-order valence-electron chi connectivity index (χ3n) is 4.71. The second-order valence-electron chi connectivity index (χ2n) is 6.61. The molecule has 5 rings (SSSR count). The number of halogens is 1. The topological polar surface area (TPSA) is 116 Å². The Labute approximate surface area is 183 Å². The number of aliphatic hydroxyl groups excluding tert-OH is 1. The van der Waals surface area contributed by atoms with Crippen molar-refractivity contribution in [3.8, 4) is 28.5 Å². The van der Waals surface area contributed by atoms with E-state index < -0.39 is 5.82 Å². The van der Waals surface area contributed by atoms with Gasteiger partial charge in [0, 0.05) is 5.69 Å². The van der Waals surface area contributed by atoms with Crippen molar-refractivity contribution in [2.24, 2.45) is 0 Å². The minimum Gasteiger partial charge on any atom is -0.392 e. The minimum atomic E-state index is -0.418. The predicted molar refractivity (Wildman–Crippen MR) is 119 cm³/mol. The first kappa shape index (κ1) is 21.1. The molecule has 32 heavy (non-hydrogen) atoms. The Hall–Kier alpha value is -4.11. The Balaban J connectivity index is 0.00000119. The highest BCUT2D eigenvalue weighted by molar-refractivity contribution is 5.84. The third kappa shape index (κ3) is 3.81. The minimum absolute atomic E-state index is 0.0605. The van der Waals surface area contributed by atoms with Crippen molar-refractivity contribution >= 4 is 17.0 Å². The third-order valence-corrected chi connectivity index (χ3v) is 4.71.